The Kier molecular flexibility index (Phi) is 7.50. The van der Waals surface area contributed by atoms with E-state index in [0.717, 1.165) is 120 Å². The predicted molar refractivity (Wildman–Crippen MR) is 182 cm³/mol. The maximum atomic E-state index is 13.1. The highest BCUT2D eigenvalue weighted by atomic mass is 16.5. The molecule has 10 nitrogen and oxygen atoms in total. The van der Waals surface area contributed by atoms with Crippen LogP contribution >= 0.6 is 0 Å². The molecule has 4 saturated heterocycles. The van der Waals surface area contributed by atoms with Gasteiger partial charge in [-0.15, -0.1) is 0 Å². The van der Waals surface area contributed by atoms with Crippen LogP contribution in [0.25, 0.3) is 44.3 Å². The van der Waals surface area contributed by atoms with E-state index in [9.17, 15) is 9.59 Å². The van der Waals surface area contributed by atoms with Gasteiger partial charge in [0.25, 0.3) is 11.8 Å². The van der Waals surface area contributed by atoms with Crippen molar-refractivity contribution in [2.75, 3.05) is 26.3 Å². The highest BCUT2D eigenvalue weighted by molar-refractivity contribution is 5.86. The molecule has 246 valence electrons. The fourth-order valence-electron chi connectivity index (χ4n) is 8.13. The summed E-state index contributed by atoms with van der Waals surface area (Å²) in [6.07, 6.45) is 6.67. The molecule has 0 radical (unpaired) electrons. The molecule has 2 aromatic heterocycles. The Morgan fingerprint density at radius 3 is 1.44 bits per heavy atom. The molecule has 9 rings (SSSR count). The minimum atomic E-state index is -0.305. The average Bonchev–Trinajstić information content (AvgIpc) is 3.97. The lowest BCUT2D eigenvalue weighted by atomic mass is 10.00. The summed E-state index contributed by atoms with van der Waals surface area (Å²) < 4.78 is 11.4. The third kappa shape index (κ3) is 5.27. The number of nitrogens with zero attached hydrogens (tertiary/aromatic N) is 4. The van der Waals surface area contributed by atoms with Crippen LogP contribution in [0.2, 0.25) is 0 Å². The number of likely N-dealkylation sites (tertiary alicyclic amines) is 2. The van der Waals surface area contributed by atoms with Gasteiger partial charge < -0.3 is 29.2 Å². The van der Waals surface area contributed by atoms with Crippen LogP contribution in [-0.2, 0) is 19.1 Å². The summed E-state index contributed by atoms with van der Waals surface area (Å²) in [7, 11) is 0. The lowest BCUT2D eigenvalue weighted by Gasteiger charge is -2.25. The molecule has 5 aromatic rings. The molecule has 0 spiro atoms. The standard InChI is InChI=1S/C38H40N6O4/c45-37(33-7-3-19-47-33)43-17-1-5-31(43)35-39-27-15-13-25(21-29(27)41-35)23-9-11-24(12-10-23)26-14-16-28-30(22-26)42-36(40-28)32-6-2-18-44(32)38(46)34-8-4-20-48-34/h9-16,21-22,31-34H,1-8,17-20H2,(H,39,41)(H,40,42)/t31-,32+,33?,34?. The van der Waals surface area contributed by atoms with Gasteiger partial charge in [-0.05, 0) is 97.9 Å². The van der Waals surface area contributed by atoms with E-state index < -0.39 is 0 Å². The van der Waals surface area contributed by atoms with E-state index in [-0.39, 0.29) is 36.1 Å². The number of rotatable bonds is 6. The van der Waals surface area contributed by atoms with Crippen molar-refractivity contribution in [1.29, 1.82) is 0 Å². The van der Waals surface area contributed by atoms with E-state index in [0.29, 0.717) is 13.2 Å². The number of hydrogen-bond acceptors (Lipinski definition) is 6. The highest BCUT2D eigenvalue weighted by Crippen LogP contribution is 2.36. The summed E-state index contributed by atoms with van der Waals surface area (Å²) in [5.74, 6) is 1.92. The van der Waals surface area contributed by atoms with Gasteiger partial charge in [-0.1, -0.05) is 36.4 Å². The van der Waals surface area contributed by atoms with E-state index >= 15 is 0 Å². The normalized spacial score (nSPS) is 24.4. The first kappa shape index (κ1) is 29.6. The largest absolute Gasteiger partial charge is 0.368 e. The number of aromatic nitrogens is 4. The summed E-state index contributed by atoms with van der Waals surface area (Å²) in [5, 5.41) is 0. The number of carbonyl (C=O) groups excluding carboxylic acids is 2. The molecule has 4 aliphatic rings. The van der Waals surface area contributed by atoms with Gasteiger partial charge in [-0.3, -0.25) is 9.59 Å². The number of H-pyrrole nitrogens is 2. The third-order valence-electron chi connectivity index (χ3n) is 10.7. The van der Waals surface area contributed by atoms with Gasteiger partial charge in [-0.2, -0.15) is 0 Å². The fourth-order valence-corrected chi connectivity index (χ4v) is 8.13. The lowest BCUT2D eigenvalue weighted by molar-refractivity contribution is -0.142. The van der Waals surface area contributed by atoms with E-state index in [1.54, 1.807) is 0 Å². The maximum Gasteiger partial charge on any atom is 0.252 e. The number of imidazole rings is 2. The Bertz CT molecular complexity index is 1840. The zero-order chi connectivity index (χ0) is 32.2. The maximum absolute atomic E-state index is 13.1. The molecule has 0 aliphatic carbocycles. The molecule has 6 heterocycles. The van der Waals surface area contributed by atoms with Crippen molar-refractivity contribution in [2.24, 2.45) is 0 Å². The van der Waals surface area contributed by atoms with E-state index in [1.807, 2.05) is 9.80 Å². The average molecular weight is 645 g/mol. The predicted octanol–water partition coefficient (Wildman–Crippen LogP) is 6.46. The molecule has 0 saturated carbocycles. The van der Waals surface area contributed by atoms with Crippen molar-refractivity contribution in [3.63, 3.8) is 0 Å². The zero-order valence-electron chi connectivity index (χ0n) is 27.0. The number of carbonyl (C=O) groups is 2. The van der Waals surface area contributed by atoms with Crippen LogP contribution in [0.1, 0.15) is 75.1 Å². The Balaban J connectivity index is 0.923. The number of benzene rings is 3. The minimum absolute atomic E-state index is 0.0359. The van der Waals surface area contributed by atoms with Crippen LogP contribution < -0.4 is 0 Å². The topological polar surface area (TPSA) is 116 Å². The van der Waals surface area contributed by atoms with Crippen molar-refractivity contribution in [3.05, 3.63) is 72.3 Å². The number of amides is 2. The van der Waals surface area contributed by atoms with Crippen LogP contribution in [0.5, 0.6) is 0 Å². The number of nitrogens with one attached hydrogen (secondary N) is 2. The van der Waals surface area contributed by atoms with Crippen LogP contribution in [0, 0.1) is 0 Å². The first-order valence-corrected chi connectivity index (χ1v) is 17.5. The SMILES string of the molecule is O=C(C1CCCO1)N1CCC[C@@H]1c1nc2ccc(-c3ccc(-c4ccc5nc([C@@H]6CCCN6C(=O)C6CCCO6)[nH]c5c4)cc3)cc2[nH]1. The van der Waals surface area contributed by atoms with Gasteiger partial charge in [0.05, 0.1) is 34.2 Å². The van der Waals surface area contributed by atoms with Gasteiger partial charge in [-0.25, -0.2) is 9.97 Å². The van der Waals surface area contributed by atoms with Crippen molar-refractivity contribution in [1.82, 2.24) is 29.7 Å². The third-order valence-corrected chi connectivity index (χ3v) is 10.7. The van der Waals surface area contributed by atoms with E-state index in [4.69, 9.17) is 19.4 Å². The molecule has 4 fully saturated rings. The van der Waals surface area contributed by atoms with Crippen molar-refractivity contribution >= 4 is 33.9 Å². The number of aromatic amines is 2. The van der Waals surface area contributed by atoms with Crippen molar-refractivity contribution < 1.29 is 19.1 Å². The van der Waals surface area contributed by atoms with Crippen LogP contribution in [0.3, 0.4) is 0 Å². The Hall–Kier alpha value is -4.54. The molecule has 4 aliphatic heterocycles. The lowest BCUT2D eigenvalue weighted by Crippen LogP contribution is -2.38. The van der Waals surface area contributed by atoms with E-state index in [2.05, 4.69) is 70.6 Å². The molecular weight excluding hydrogens is 604 g/mol. The number of ether oxygens (including phenoxy) is 2. The molecular formula is C38H40N6O4. The molecule has 2 unspecified atom stereocenters. The molecule has 4 atom stereocenters. The Morgan fingerprint density at radius 2 is 1.02 bits per heavy atom. The summed E-state index contributed by atoms with van der Waals surface area (Å²) in [6.45, 7) is 2.85. The minimum Gasteiger partial charge on any atom is -0.368 e. The van der Waals surface area contributed by atoms with E-state index in [1.165, 1.54) is 0 Å². The molecule has 0 bridgehead atoms. The second kappa shape index (κ2) is 12.2. The summed E-state index contributed by atoms with van der Waals surface area (Å²) in [4.78, 5) is 47.1. The summed E-state index contributed by atoms with van der Waals surface area (Å²) >= 11 is 0. The Morgan fingerprint density at radius 1 is 0.583 bits per heavy atom. The molecule has 10 heteroatoms. The molecule has 2 N–H and O–H groups in total. The first-order chi connectivity index (χ1) is 23.6. The van der Waals surface area contributed by atoms with Gasteiger partial charge >= 0.3 is 0 Å². The molecule has 2 amide bonds. The first-order valence-electron chi connectivity index (χ1n) is 17.5. The second-order valence-corrected chi connectivity index (χ2v) is 13.7. The van der Waals surface area contributed by atoms with Gasteiger partial charge in [0, 0.05) is 26.3 Å². The second-order valence-electron chi connectivity index (χ2n) is 13.7. The number of hydrogen-bond donors (Lipinski definition) is 2. The number of fused-ring (bicyclic) bond motifs is 2. The summed E-state index contributed by atoms with van der Waals surface area (Å²) in [5.41, 5.74) is 8.22. The van der Waals surface area contributed by atoms with Gasteiger partial charge in [0.2, 0.25) is 0 Å². The van der Waals surface area contributed by atoms with Gasteiger partial charge in [0.1, 0.15) is 23.9 Å². The Labute approximate surface area is 278 Å². The van der Waals surface area contributed by atoms with Crippen molar-refractivity contribution in [3.8, 4) is 22.3 Å². The molecule has 3 aromatic carbocycles. The quantitative estimate of drug-likeness (QED) is 0.219. The monoisotopic (exact) mass is 644 g/mol. The van der Waals surface area contributed by atoms with Crippen molar-refractivity contribution in [2.45, 2.75) is 75.7 Å². The molecule has 48 heavy (non-hydrogen) atoms. The van der Waals surface area contributed by atoms with Crippen LogP contribution in [0.15, 0.2) is 60.7 Å². The van der Waals surface area contributed by atoms with Crippen LogP contribution in [-0.4, -0.2) is 80.1 Å². The van der Waals surface area contributed by atoms with Crippen LogP contribution in [0.4, 0.5) is 0 Å². The van der Waals surface area contributed by atoms with Gasteiger partial charge in [0.15, 0.2) is 0 Å². The highest BCUT2D eigenvalue weighted by Gasteiger charge is 2.38. The summed E-state index contributed by atoms with van der Waals surface area (Å²) in [6, 6.07) is 21.2. The fraction of sp³-hybridized carbons (Fsp3) is 0.421. The zero-order valence-corrected chi connectivity index (χ0v) is 27.0. The smallest absolute Gasteiger partial charge is 0.252 e.